The Morgan fingerprint density at radius 1 is 0.868 bits per heavy atom. The molecule has 2 heterocycles. The molecule has 2 saturated heterocycles. The van der Waals surface area contributed by atoms with Gasteiger partial charge in [-0.2, -0.15) is 0 Å². The van der Waals surface area contributed by atoms with E-state index in [1.165, 1.54) is 6.92 Å². The smallest absolute Gasteiger partial charge is 0.302 e. The molecule has 6 nitrogen and oxygen atoms in total. The summed E-state index contributed by atoms with van der Waals surface area (Å²) in [6.07, 6.45) is 7.77. The minimum atomic E-state index is -1.11. The van der Waals surface area contributed by atoms with E-state index in [1.54, 1.807) is 13.8 Å². The number of ether oxygens (including phenoxy) is 3. The fraction of sp³-hybridized carbons (Fsp3) is 0.969. The van der Waals surface area contributed by atoms with Crippen LogP contribution in [0.5, 0.6) is 0 Å². The fourth-order valence-corrected chi connectivity index (χ4v) is 12.1. The number of carbonyl (C=O) groups is 1. The molecule has 216 valence electrons. The Bertz CT molecular complexity index is 1030. The molecule has 6 aliphatic rings. The molecule has 2 bridgehead atoms. The molecular weight excluding hydrogens is 480 g/mol. The van der Waals surface area contributed by atoms with Gasteiger partial charge in [-0.15, -0.1) is 0 Å². The summed E-state index contributed by atoms with van der Waals surface area (Å²) in [6, 6.07) is 0. The van der Waals surface area contributed by atoms with Gasteiger partial charge in [0.05, 0.1) is 11.7 Å². The van der Waals surface area contributed by atoms with Crippen LogP contribution in [0.4, 0.5) is 0 Å². The fourth-order valence-electron chi connectivity index (χ4n) is 12.1. The predicted molar refractivity (Wildman–Crippen MR) is 144 cm³/mol. The van der Waals surface area contributed by atoms with E-state index in [1.807, 2.05) is 0 Å². The molecule has 6 heteroatoms. The highest BCUT2D eigenvalue weighted by atomic mass is 16.8. The summed E-state index contributed by atoms with van der Waals surface area (Å²) < 4.78 is 19.6. The summed E-state index contributed by atoms with van der Waals surface area (Å²) in [4.78, 5) is 11.9. The zero-order valence-corrected chi connectivity index (χ0v) is 25.3. The topological polar surface area (TPSA) is 85.2 Å². The molecule has 0 aromatic heterocycles. The number of esters is 1. The van der Waals surface area contributed by atoms with E-state index in [0.717, 1.165) is 51.4 Å². The molecule has 6 rings (SSSR count). The number of aliphatic hydroxyl groups is 2. The summed E-state index contributed by atoms with van der Waals surface area (Å²) in [5.74, 6) is -0.401. The second kappa shape index (κ2) is 7.57. The molecule has 2 N–H and O–H groups in total. The van der Waals surface area contributed by atoms with Crippen LogP contribution in [-0.4, -0.2) is 51.0 Å². The summed E-state index contributed by atoms with van der Waals surface area (Å²) in [5, 5.41) is 23.4. The first-order valence-electron chi connectivity index (χ1n) is 15.3. The minimum Gasteiger partial charge on any atom is -0.462 e. The zero-order valence-electron chi connectivity index (χ0n) is 25.3. The van der Waals surface area contributed by atoms with E-state index in [9.17, 15) is 15.0 Å². The lowest BCUT2D eigenvalue weighted by Gasteiger charge is -2.71. The standard InChI is InChI=1S/C32H52O6/c1-19(33)36-23-11-12-27(6)21(25(23,2)3)10-13-28(7)22(27)18-20(34)24-29(28,8)14-16-31(24)30(9)15-17-32(37-30,38-31)26(4,5)35/h20-24,34-35H,10-18H2,1-9H3/t20-,21?,22-,23-,24?,27+,28-,29-,30+,31-,32-/m1/s1. The molecule has 0 aromatic carbocycles. The van der Waals surface area contributed by atoms with Gasteiger partial charge in [0.2, 0.25) is 0 Å². The van der Waals surface area contributed by atoms with E-state index >= 15 is 0 Å². The van der Waals surface area contributed by atoms with Crippen molar-refractivity contribution < 1.29 is 29.2 Å². The molecule has 38 heavy (non-hydrogen) atoms. The van der Waals surface area contributed by atoms with Crippen LogP contribution in [0.1, 0.15) is 120 Å². The normalized spacial score (nSPS) is 56.9. The Kier molecular flexibility index (Phi) is 5.48. The van der Waals surface area contributed by atoms with E-state index in [4.69, 9.17) is 14.2 Å². The van der Waals surface area contributed by atoms with Crippen LogP contribution in [0.2, 0.25) is 0 Å². The maximum atomic E-state index is 12.2. The molecule has 1 spiro atoms. The molecule has 2 unspecified atom stereocenters. The first kappa shape index (κ1) is 27.5. The highest BCUT2D eigenvalue weighted by molar-refractivity contribution is 5.66. The Morgan fingerprint density at radius 2 is 1.55 bits per heavy atom. The number of carbonyl (C=O) groups excluding carboxylic acids is 1. The number of rotatable bonds is 2. The van der Waals surface area contributed by atoms with Crippen molar-refractivity contribution in [2.45, 2.75) is 155 Å². The maximum absolute atomic E-state index is 12.2. The van der Waals surface area contributed by atoms with Gasteiger partial charge in [0.15, 0.2) is 5.79 Å². The first-order chi connectivity index (χ1) is 17.3. The third-order valence-electron chi connectivity index (χ3n) is 14.2. The van der Waals surface area contributed by atoms with Crippen LogP contribution in [0.3, 0.4) is 0 Å². The molecule has 4 saturated carbocycles. The van der Waals surface area contributed by atoms with Crippen LogP contribution in [0.25, 0.3) is 0 Å². The van der Waals surface area contributed by atoms with E-state index < -0.39 is 28.7 Å². The maximum Gasteiger partial charge on any atom is 0.302 e. The van der Waals surface area contributed by atoms with E-state index in [-0.39, 0.29) is 39.7 Å². The summed E-state index contributed by atoms with van der Waals surface area (Å²) in [7, 11) is 0. The van der Waals surface area contributed by atoms with Gasteiger partial charge in [0.25, 0.3) is 0 Å². The minimum absolute atomic E-state index is 0.0312. The average molecular weight is 533 g/mol. The van der Waals surface area contributed by atoms with Crippen LogP contribution >= 0.6 is 0 Å². The number of hydrogen-bond donors (Lipinski definition) is 2. The SMILES string of the molecule is CC(=O)O[C@@H]1CC[C@@]2(C)C(CC[C@]3(C)[C@@H]2C[C@@H](O)C2[C@@]3(C)CC[C@@]23O[C@@]2(C(C)(C)O)CC[C@]3(C)O2)C1(C)C. The van der Waals surface area contributed by atoms with E-state index in [2.05, 4.69) is 41.5 Å². The second-order valence-electron chi connectivity index (χ2n) is 16.4. The summed E-state index contributed by atoms with van der Waals surface area (Å²) in [6.45, 7) is 19.4. The highest BCUT2D eigenvalue weighted by Crippen LogP contribution is 2.79. The van der Waals surface area contributed by atoms with E-state index in [0.29, 0.717) is 18.3 Å². The van der Waals surface area contributed by atoms with Crippen LogP contribution in [0, 0.1) is 39.4 Å². The zero-order chi connectivity index (χ0) is 27.9. The predicted octanol–water partition coefficient (Wildman–Crippen LogP) is 5.76. The average Bonchev–Trinajstić information content (AvgIpc) is 3.39. The van der Waals surface area contributed by atoms with Crippen LogP contribution in [0.15, 0.2) is 0 Å². The van der Waals surface area contributed by atoms with Crippen molar-refractivity contribution in [2.24, 2.45) is 39.4 Å². The monoisotopic (exact) mass is 532 g/mol. The first-order valence-corrected chi connectivity index (χ1v) is 15.3. The number of hydrogen-bond acceptors (Lipinski definition) is 6. The number of fused-ring (bicyclic) bond motifs is 9. The van der Waals surface area contributed by atoms with Crippen molar-refractivity contribution in [3.63, 3.8) is 0 Å². The van der Waals surface area contributed by atoms with Gasteiger partial charge in [0, 0.05) is 24.7 Å². The van der Waals surface area contributed by atoms with Gasteiger partial charge >= 0.3 is 5.97 Å². The molecule has 6 fully saturated rings. The molecule has 2 aliphatic heterocycles. The summed E-state index contributed by atoms with van der Waals surface area (Å²) in [5.41, 5.74) is -2.29. The second-order valence-corrected chi connectivity index (χ2v) is 16.4. The van der Waals surface area contributed by atoms with Crippen molar-refractivity contribution in [2.75, 3.05) is 0 Å². The van der Waals surface area contributed by atoms with Gasteiger partial charge in [-0.3, -0.25) is 4.79 Å². The van der Waals surface area contributed by atoms with Crippen molar-refractivity contribution in [1.29, 1.82) is 0 Å². The van der Waals surface area contributed by atoms with Gasteiger partial charge in [0.1, 0.15) is 17.3 Å². The molecule has 0 amide bonds. The van der Waals surface area contributed by atoms with Gasteiger partial charge in [-0.05, 0) is 100 Å². The molecule has 0 radical (unpaired) electrons. The Hall–Kier alpha value is -0.690. The lowest BCUT2D eigenvalue weighted by atomic mass is 9.35. The largest absolute Gasteiger partial charge is 0.462 e. The summed E-state index contributed by atoms with van der Waals surface area (Å²) >= 11 is 0. The third kappa shape index (κ3) is 2.97. The quantitative estimate of drug-likeness (QED) is 0.440. The Labute approximate surface area is 229 Å². The van der Waals surface area contributed by atoms with Crippen molar-refractivity contribution >= 4 is 5.97 Å². The molecule has 0 aromatic rings. The number of aliphatic hydroxyl groups excluding tert-OH is 1. The van der Waals surface area contributed by atoms with Crippen molar-refractivity contribution in [1.82, 2.24) is 0 Å². The van der Waals surface area contributed by atoms with Crippen molar-refractivity contribution in [3.8, 4) is 0 Å². The molecular formula is C32H52O6. The Morgan fingerprint density at radius 3 is 2.16 bits per heavy atom. The van der Waals surface area contributed by atoms with Gasteiger partial charge in [-0.25, -0.2) is 0 Å². The highest BCUT2D eigenvalue weighted by Gasteiger charge is 2.82. The third-order valence-corrected chi connectivity index (χ3v) is 14.2. The van der Waals surface area contributed by atoms with Crippen LogP contribution in [-0.2, 0) is 19.0 Å². The lowest BCUT2D eigenvalue weighted by Crippen LogP contribution is -2.69. The molecule has 11 atom stereocenters. The van der Waals surface area contributed by atoms with Crippen molar-refractivity contribution in [3.05, 3.63) is 0 Å². The van der Waals surface area contributed by atoms with Gasteiger partial charge in [-0.1, -0.05) is 34.6 Å². The lowest BCUT2D eigenvalue weighted by molar-refractivity contribution is -0.295. The molecule has 4 aliphatic carbocycles. The Balaban J connectivity index is 1.38. The van der Waals surface area contributed by atoms with Crippen LogP contribution < -0.4 is 0 Å². The van der Waals surface area contributed by atoms with Gasteiger partial charge < -0.3 is 24.4 Å².